The van der Waals surface area contributed by atoms with Crippen molar-refractivity contribution in [2.45, 2.75) is 20.3 Å². The van der Waals surface area contributed by atoms with E-state index in [0.717, 1.165) is 18.2 Å². The lowest BCUT2D eigenvalue weighted by atomic mass is 10.2. The molecule has 0 saturated carbocycles. The third-order valence-corrected chi connectivity index (χ3v) is 2.79. The van der Waals surface area contributed by atoms with E-state index in [4.69, 9.17) is 4.74 Å². The Hall–Kier alpha value is -2.70. The summed E-state index contributed by atoms with van der Waals surface area (Å²) in [6, 6.07) is 7.37. The van der Waals surface area contributed by atoms with Crippen LogP contribution in [0.1, 0.15) is 19.4 Å². The Morgan fingerprint density at radius 1 is 1.38 bits per heavy atom. The van der Waals surface area contributed by atoms with Crippen molar-refractivity contribution in [3.63, 3.8) is 0 Å². The van der Waals surface area contributed by atoms with E-state index >= 15 is 0 Å². The molecule has 0 aliphatic rings. The first-order valence-electron chi connectivity index (χ1n) is 6.66. The van der Waals surface area contributed by atoms with Crippen LogP contribution in [-0.4, -0.2) is 21.4 Å². The third kappa shape index (κ3) is 3.65. The van der Waals surface area contributed by atoms with Crippen LogP contribution in [0.3, 0.4) is 0 Å². The molecule has 0 radical (unpaired) electrons. The van der Waals surface area contributed by atoms with Gasteiger partial charge in [0.25, 0.3) is 0 Å². The van der Waals surface area contributed by atoms with Crippen LogP contribution in [0.5, 0.6) is 11.6 Å². The normalized spacial score (nSPS) is 10.2. The Labute approximate surface area is 122 Å². The molecule has 0 atom stereocenters. The summed E-state index contributed by atoms with van der Waals surface area (Å²) in [4.78, 5) is 18.4. The van der Waals surface area contributed by atoms with E-state index in [1.165, 1.54) is 0 Å². The molecule has 1 aromatic carbocycles. The Kier molecular flexibility index (Phi) is 4.65. The van der Waals surface area contributed by atoms with Crippen LogP contribution in [0.25, 0.3) is 0 Å². The van der Waals surface area contributed by atoms with Gasteiger partial charge < -0.3 is 10.1 Å². The Morgan fingerprint density at radius 2 is 2.19 bits per heavy atom. The number of ether oxygens (including phenoxy) is 1. The van der Waals surface area contributed by atoms with Crippen molar-refractivity contribution in [3.05, 3.63) is 46.1 Å². The molecule has 0 unspecified atom stereocenters. The summed E-state index contributed by atoms with van der Waals surface area (Å²) in [6.45, 7) is 4.52. The molecular weight excluding hydrogens is 272 g/mol. The van der Waals surface area contributed by atoms with Crippen LogP contribution in [0.2, 0.25) is 0 Å². The fourth-order valence-electron chi connectivity index (χ4n) is 1.74. The van der Waals surface area contributed by atoms with Crippen LogP contribution in [0.4, 0.5) is 11.6 Å². The second-order valence-electron chi connectivity index (χ2n) is 4.27. The van der Waals surface area contributed by atoms with Gasteiger partial charge in [-0.15, -0.1) is 0 Å². The van der Waals surface area contributed by atoms with Crippen molar-refractivity contribution in [2.24, 2.45) is 0 Å². The van der Waals surface area contributed by atoms with Gasteiger partial charge in [0.15, 0.2) is 0 Å². The van der Waals surface area contributed by atoms with E-state index < -0.39 is 4.92 Å². The zero-order valence-corrected chi connectivity index (χ0v) is 11.9. The van der Waals surface area contributed by atoms with Gasteiger partial charge in [0, 0.05) is 6.54 Å². The Morgan fingerprint density at radius 3 is 2.86 bits per heavy atom. The van der Waals surface area contributed by atoms with Crippen molar-refractivity contribution in [2.75, 3.05) is 11.9 Å². The first-order chi connectivity index (χ1) is 10.1. The molecule has 1 aromatic heterocycles. The van der Waals surface area contributed by atoms with Crippen LogP contribution >= 0.6 is 0 Å². The summed E-state index contributed by atoms with van der Waals surface area (Å²) in [5.41, 5.74) is 0.815. The molecule has 0 bridgehead atoms. The molecule has 0 amide bonds. The minimum absolute atomic E-state index is 0.0702. The second kappa shape index (κ2) is 6.65. The minimum Gasteiger partial charge on any atom is -0.434 e. The highest BCUT2D eigenvalue weighted by molar-refractivity contribution is 5.45. The number of nitrogens with one attached hydrogen (secondary N) is 1. The number of nitrogens with zero attached hydrogens (tertiary/aromatic N) is 3. The largest absolute Gasteiger partial charge is 0.434 e. The van der Waals surface area contributed by atoms with Gasteiger partial charge >= 0.3 is 11.6 Å². The van der Waals surface area contributed by atoms with Gasteiger partial charge in [-0.3, -0.25) is 10.1 Å². The topological polar surface area (TPSA) is 90.2 Å². The molecule has 7 nitrogen and oxygen atoms in total. The molecule has 21 heavy (non-hydrogen) atoms. The van der Waals surface area contributed by atoms with Crippen molar-refractivity contribution >= 4 is 11.6 Å². The van der Waals surface area contributed by atoms with Crippen molar-refractivity contribution in [1.29, 1.82) is 0 Å². The molecule has 2 rings (SSSR count). The molecule has 0 aliphatic heterocycles. The third-order valence-electron chi connectivity index (χ3n) is 2.79. The van der Waals surface area contributed by atoms with Gasteiger partial charge in [0.2, 0.25) is 5.95 Å². The number of anilines is 1. The highest BCUT2D eigenvalue weighted by Crippen LogP contribution is 2.29. The smallest absolute Gasteiger partial charge is 0.349 e. The fourth-order valence-corrected chi connectivity index (χ4v) is 1.74. The maximum Gasteiger partial charge on any atom is 0.349 e. The van der Waals surface area contributed by atoms with Gasteiger partial charge in [0.1, 0.15) is 11.9 Å². The lowest BCUT2D eigenvalue weighted by Gasteiger charge is -2.08. The van der Waals surface area contributed by atoms with Crippen molar-refractivity contribution in [3.8, 4) is 11.6 Å². The molecule has 1 N–H and O–H groups in total. The molecule has 0 saturated heterocycles. The van der Waals surface area contributed by atoms with Crippen LogP contribution in [0, 0.1) is 10.1 Å². The molecule has 1 heterocycles. The summed E-state index contributed by atoms with van der Waals surface area (Å²) in [5, 5.41) is 13.9. The summed E-state index contributed by atoms with van der Waals surface area (Å²) in [5.74, 6) is 0.738. The van der Waals surface area contributed by atoms with Gasteiger partial charge in [-0.2, -0.15) is 4.98 Å². The zero-order valence-electron chi connectivity index (χ0n) is 11.9. The SMILES string of the molecule is CCNc1ncc([N+](=O)[O-])c(Oc2cccc(CC)c2)n1. The van der Waals surface area contributed by atoms with E-state index in [9.17, 15) is 10.1 Å². The van der Waals surface area contributed by atoms with Crippen LogP contribution in [0.15, 0.2) is 30.5 Å². The van der Waals surface area contributed by atoms with E-state index in [0.29, 0.717) is 18.2 Å². The van der Waals surface area contributed by atoms with Gasteiger partial charge in [0.05, 0.1) is 4.92 Å². The summed E-state index contributed by atoms with van der Waals surface area (Å²) in [7, 11) is 0. The minimum atomic E-state index is -0.561. The molecule has 0 fully saturated rings. The predicted octanol–water partition coefficient (Wildman–Crippen LogP) is 3.17. The average molecular weight is 288 g/mol. The number of hydrogen-bond donors (Lipinski definition) is 1. The van der Waals surface area contributed by atoms with Gasteiger partial charge in [-0.25, -0.2) is 4.98 Å². The summed E-state index contributed by atoms with van der Waals surface area (Å²) < 4.78 is 5.57. The van der Waals surface area contributed by atoms with Gasteiger partial charge in [-0.1, -0.05) is 19.1 Å². The highest BCUT2D eigenvalue weighted by Gasteiger charge is 2.19. The van der Waals surface area contributed by atoms with E-state index in [1.807, 2.05) is 32.0 Å². The molecule has 0 aliphatic carbocycles. The Balaban J connectivity index is 2.35. The fraction of sp³-hybridized carbons (Fsp3) is 0.286. The summed E-state index contributed by atoms with van der Waals surface area (Å²) >= 11 is 0. The van der Waals surface area contributed by atoms with Crippen molar-refractivity contribution in [1.82, 2.24) is 9.97 Å². The van der Waals surface area contributed by atoms with E-state index in [1.54, 1.807) is 6.07 Å². The lowest BCUT2D eigenvalue weighted by molar-refractivity contribution is -0.386. The van der Waals surface area contributed by atoms with Crippen LogP contribution < -0.4 is 10.1 Å². The first kappa shape index (κ1) is 14.7. The molecular formula is C14H16N4O3. The quantitative estimate of drug-likeness (QED) is 0.648. The first-order valence-corrected chi connectivity index (χ1v) is 6.66. The number of nitro groups is 1. The Bertz CT molecular complexity index is 646. The predicted molar refractivity (Wildman–Crippen MR) is 78.7 cm³/mol. The van der Waals surface area contributed by atoms with Gasteiger partial charge in [-0.05, 0) is 31.0 Å². The molecule has 110 valence electrons. The number of hydrogen-bond acceptors (Lipinski definition) is 6. The maximum atomic E-state index is 11.0. The van der Waals surface area contributed by atoms with Crippen molar-refractivity contribution < 1.29 is 9.66 Å². The number of aryl methyl sites for hydroxylation is 1. The molecule has 0 spiro atoms. The molecule has 7 heteroatoms. The summed E-state index contributed by atoms with van der Waals surface area (Å²) in [6.07, 6.45) is 2.00. The molecule has 2 aromatic rings. The highest BCUT2D eigenvalue weighted by atomic mass is 16.6. The number of benzene rings is 1. The number of rotatable bonds is 6. The average Bonchev–Trinajstić information content (AvgIpc) is 2.48. The van der Waals surface area contributed by atoms with Crippen LogP contribution in [-0.2, 0) is 6.42 Å². The standard InChI is InChI=1S/C14H16N4O3/c1-3-10-6-5-7-11(8-10)21-13-12(18(19)20)9-16-14(17-13)15-4-2/h5-9H,3-4H2,1-2H3,(H,15,16,17). The lowest BCUT2D eigenvalue weighted by Crippen LogP contribution is -2.05. The zero-order chi connectivity index (χ0) is 15.2. The number of aromatic nitrogens is 2. The van der Waals surface area contributed by atoms with E-state index in [-0.39, 0.29) is 11.6 Å². The van der Waals surface area contributed by atoms with E-state index in [2.05, 4.69) is 15.3 Å². The maximum absolute atomic E-state index is 11.0. The second-order valence-corrected chi connectivity index (χ2v) is 4.27. The monoisotopic (exact) mass is 288 g/mol.